The number of amides is 2. The molecule has 0 bridgehead atoms. The maximum absolute atomic E-state index is 13.0. The van der Waals surface area contributed by atoms with Crippen molar-refractivity contribution in [2.45, 2.75) is 39.5 Å². The smallest absolute Gasteiger partial charge is 0.229 e. The van der Waals surface area contributed by atoms with Crippen LogP contribution in [0.4, 0.5) is 5.95 Å². The molecule has 2 aromatic carbocycles. The van der Waals surface area contributed by atoms with Crippen LogP contribution >= 0.6 is 0 Å². The molecule has 1 heterocycles. The van der Waals surface area contributed by atoms with Gasteiger partial charge in [-0.2, -0.15) is 0 Å². The van der Waals surface area contributed by atoms with Gasteiger partial charge in [0.1, 0.15) is 0 Å². The summed E-state index contributed by atoms with van der Waals surface area (Å²) in [6, 6.07) is 14.2. The number of nitrogens with two attached hydrogens (primary N) is 1. The average Bonchev–Trinajstić information content (AvgIpc) is 3.05. The van der Waals surface area contributed by atoms with Gasteiger partial charge in [-0.1, -0.05) is 30.2 Å². The zero-order valence-electron chi connectivity index (χ0n) is 16.8. The van der Waals surface area contributed by atoms with Crippen molar-refractivity contribution in [1.82, 2.24) is 9.55 Å². The molecule has 3 aromatic rings. The normalized spacial score (nSPS) is 19.2. The average molecular weight is 390 g/mol. The fourth-order valence-corrected chi connectivity index (χ4v) is 4.13. The highest BCUT2D eigenvalue weighted by Gasteiger charge is 2.31. The predicted octanol–water partition coefficient (Wildman–Crippen LogP) is 3.87. The van der Waals surface area contributed by atoms with Crippen LogP contribution in [0.5, 0.6) is 0 Å². The molecular formula is C23H26N4O2. The number of carbonyl (C=O) groups excluding carboxylic acids is 2. The van der Waals surface area contributed by atoms with Gasteiger partial charge in [0.15, 0.2) is 0 Å². The maximum Gasteiger partial charge on any atom is 0.229 e. The van der Waals surface area contributed by atoms with Gasteiger partial charge in [-0.3, -0.25) is 19.5 Å². The predicted molar refractivity (Wildman–Crippen MR) is 114 cm³/mol. The van der Waals surface area contributed by atoms with Crippen LogP contribution in [0.2, 0.25) is 0 Å². The lowest BCUT2D eigenvalue weighted by molar-refractivity contribution is -0.125. The molecule has 1 fully saturated rings. The van der Waals surface area contributed by atoms with Crippen molar-refractivity contribution in [1.29, 1.82) is 0 Å². The quantitative estimate of drug-likeness (QED) is 0.708. The van der Waals surface area contributed by atoms with Crippen molar-refractivity contribution in [2.24, 2.45) is 17.6 Å². The van der Waals surface area contributed by atoms with E-state index in [1.165, 1.54) is 5.56 Å². The first-order valence-electron chi connectivity index (χ1n) is 10.1. The fraction of sp³-hybridized carbons (Fsp3) is 0.348. The minimum atomic E-state index is -0.315. The van der Waals surface area contributed by atoms with E-state index in [-0.39, 0.29) is 23.7 Å². The van der Waals surface area contributed by atoms with Crippen LogP contribution in [0.3, 0.4) is 0 Å². The third-order valence-corrected chi connectivity index (χ3v) is 5.78. The molecule has 0 aliphatic heterocycles. The molecule has 0 spiro atoms. The molecule has 1 saturated carbocycles. The highest BCUT2D eigenvalue weighted by atomic mass is 16.2. The van der Waals surface area contributed by atoms with Crippen LogP contribution in [-0.2, 0) is 9.59 Å². The van der Waals surface area contributed by atoms with Crippen molar-refractivity contribution >= 4 is 28.8 Å². The molecule has 6 heteroatoms. The first kappa shape index (κ1) is 19.2. The monoisotopic (exact) mass is 390 g/mol. The van der Waals surface area contributed by atoms with E-state index in [1.54, 1.807) is 0 Å². The highest BCUT2D eigenvalue weighted by molar-refractivity contribution is 5.94. The minimum Gasteiger partial charge on any atom is -0.369 e. The SMILES string of the molecule is Cc1ccc(-n2c(NC(=O)C3CCCC(C(N)=O)C3)nc3cc(C)ccc32)cc1. The second-order valence-electron chi connectivity index (χ2n) is 8.05. The molecule has 150 valence electrons. The Kier molecular flexibility index (Phi) is 5.09. The molecule has 4 rings (SSSR count). The topological polar surface area (TPSA) is 90.0 Å². The lowest BCUT2D eigenvalue weighted by atomic mass is 9.80. The second kappa shape index (κ2) is 7.70. The third-order valence-electron chi connectivity index (χ3n) is 5.78. The van der Waals surface area contributed by atoms with E-state index in [9.17, 15) is 9.59 Å². The van der Waals surface area contributed by atoms with Gasteiger partial charge in [-0.05, 0) is 62.9 Å². The number of nitrogens with zero attached hydrogens (tertiary/aromatic N) is 2. The molecule has 29 heavy (non-hydrogen) atoms. The Hall–Kier alpha value is -3.15. The summed E-state index contributed by atoms with van der Waals surface area (Å²) in [5.74, 6) is -0.366. The number of hydrogen-bond acceptors (Lipinski definition) is 3. The lowest BCUT2D eigenvalue weighted by Crippen LogP contribution is -2.34. The Balaban J connectivity index is 1.69. The van der Waals surface area contributed by atoms with Crippen LogP contribution in [0.25, 0.3) is 16.7 Å². The molecular weight excluding hydrogens is 364 g/mol. The second-order valence-corrected chi connectivity index (χ2v) is 8.05. The van der Waals surface area contributed by atoms with Gasteiger partial charge in [-0.25, -0.2) is 4.98 Å². The third kappa shape index (κ3) is 3.88. The van der Waals surface area contributed by atoms with Crippen LogP contribution in [0.15, 0.2) is 42.5 Å². The number of primary amides is 1. The van der Waals surface area contributed by atoms with Crippen LogP contribution < -0.4 is 11.1 Å². The molecule has 1 aliphatic rings. The zero-order valence-corrected chi connectivity index (χ0v) is 16.8. The standard InChI is InChI=1S/C23H26N4O2/c1-14-6-9-18(10-7-14)27-20-11-8-15(2)12-19(20)25-23(27)26-22(29)17-5-3-4-16(13-17)21(24)28/h6-12,16-17H,3-5,13H2,1-2H3,(H2,24,28)(H,25,26,29). The summed E-state index contributed by atoms with van der Waals surface area (Å²) in [5, 5.41) is 3.02. The maximum atomic E-state index is 13.0. The van der Waals surface area contributed by atoms with E-state index in [0.717, 1.165) is 41.5 Å². The van der Waals surface area contributed by atoms with Crippen LogP contribution in [0.1, 0.15) is 36.8 Å². The van der Waals surface area contributed by atoms with E-state index < -0.39 is 0 Å². The van der Waals surface area contributed by atoms with Crippen LogP contribution in [-0.4, -0.2) is 21.4 Å². The summed E-state index contributed by atoms with van der Waals surface area (Å²) in [7, 11) is 0. The van der Waals surface area contributed by atoms with Gasteiger partial charge in [0.05, 0.1) is 11.0 Å². The summed E-state index contributed by atoms with van der Waals surface area (Å²) < 4.78 is 1.97. The molecule has 1 aliphatic carbocycles. The van der Waals surface area contributed by atoms with Crippen molar-refractivity contribution < 1.29 is 9.59 Å². The Bertz CT molecular complexity index is 1070. The van der Waals surface area contributed by atoms with Gasteiger partial charge in [0, 0.05) is 17.5 Å². The van der Waals surface area contributed by atoms with E-state index in [2.05, 4.69) is 5.32 Å². The van der Waals surface area contributed by atoms with Crippen molar-refractivity contribution in [3.63, 3.8) is 0 Å². The molecule has 1 aromatic heterocycles. The number of fused-ring (bicyclic) bond motifs is 1. The molecule has 2 amide bonds. The largest absolute Gasteiger partial charge is 0.369 e. The number of imidazole rings is 1. The summed E-state index contributed by atoms with van der Waals surface area (Å²) in [6.07, 6.45) is 2.87. The number of aromatic nitrogens is 2. The van der Waals surface area contributed by atoms with Crippen molar-refractivity contribution in [3.8, 4) is 5.69 Å². The molecule has 2 atom stereocenters. The zero-order chi connectivity index (χ0) is 20.5. The Labute approximate surface area is 170 Å². The number of aryl methyl sites for hydroxylation is 2. The fourth-order valence-electron chi connectivity index (χ4n) is 4.13. The Morgan fingerprint density at radius 2 is 1.72 bits per heavy atom. The number of carbonyl (C=O) groups is 2. The van der Waals surface area contributed by atoms with E-state index in [1.807, 2.05) is 60.9 Å². The van der Waals surface area contributed by atoms with E-state index in [4.69, 9.17) is 10.7 Å². The van der Waals surface area contributed by atoms with Gasteiger partial charge in [0.25, 0.3) is 0 Å². The minimum absolute atomic E-state index is 0.101. The van der Waals surface area contributed by atoms with Gasteiger partial charge >= 0.3 is 0 Å². The van der Waals surface area contributed by atoms with Gasteiger partial charge in [0.2, 0.25) is 17.8 Å². The highest BCUT2D eigenvalue weighted by Crippen LogP contribution is 2.31. The van der Waals surface area contributed by atoms with Gasteiger partial charge < -0.3 is 5.73 Å². The summed E-state index contributed by atoms with van der Waals surface area (Å²) >= 11 is 0. The number of anilines is 1. The summed E-state index contributed by atoms with van der Waals surface area (Å²) in [5.41, 5.74) is 10.5. The lowest BCUT2D eigenvalue weighted by Gasteiger charge is -2.26. The number of benzene rings is 2. The molecule has 2 unspecified atom stereocenters. The summed E-state index contributed by atoms with van der Waals surface area (Å²) in [4.78, 5) is 29.3. The number of hydrogen-bond donors (Lipinski definition) is 2. The first-order chi connectivity index (χ1) is 13.9. The number of nitrogens with one attached hydrogen (secondary N) is 1. The molecule has 3 N–H and O–H groups in total. The molecule has 6 nitrogen and oxygen atoms in total. The first-order valence-corrected chi connectivity index (χ1v) is 10.1. The summed E-state index contributed by atoms with van der Waals surface area (Å²) in [6.45, 7) is 4.06. The number of rotatable bonds is 4. The Morgan fingerprint density at radius 1 is 1.03 bits per heavy atom. The van der Waals surface area contributed by atoms with Crippen molar-refractivity contribution in [2.75, 3.05) is 5.32 Å². The van der Waals surface area contributed by atoms with E-state index >= 15 is 0 Å². The van der Waals surface area contributed by atoms with Gasteiger partial charge in [-0.15, -0.1) is 0 Å². The Morgan fingerprint density at radius 3 is 2.45 bits per heavy atom. The van der Waals surface area contributed by atoms with Crippen LogP contribution in [0, 0.1) is 25.7 Å². The van der Waals surface area contributed by atoms with E-state index in [0.29, 0.717) is 12.4 Å². The molecule has 0 saturated heterocycles. The molecule has 0 radical (unpaired) electrons. The van der Waals surface area contributed by atoms with Crippen molar-refractivity contribution in [3.05, 3.63) is 53.6 Å².